The molecule has 0 aromatic rings. The first kappa shape index (κ1) is 8.38. The Morgan fingerprint density at radius 1 is 1.58 bits per heavy atom. The summed E-state index contributed by atoms with van der Waals surface area (Å²) in [5, 5.41) is 9.06. The molecule has 1 N–H and O–H groups in total. The van der Waals surface area contributed by atoms with E-state index in [1.165, 1.54) is 0 Å². The molecule has 2 rings (SSSR count). The van der Waals surface area contributed by atoms with Crippen molar-refractivity contribution in [2.45, 2.75) is 24.8 Å². The van der Waals surface area contributed by atoms with Gasteiger partial charge in [-0.2, -0.15) is 0 Å². The first-order valence-corrected chi connectivity index (χ1v) is 4.32. The molecule has 0 aliphatic carbocycles. The van der Waals surface area contributed by atoms with Crippen LogP contribution >= 0.6 is 0 Å². The number of hydrogen-bond donors (Lipinski definition) is 1. The molecule has 2 nitrogen and oxygen atoms in total. The van der Waals surface area contributed by atoms with Gasteiger partial charge in [0.05, 0.1) is 6.61 Å². The largest absolute Gasteiger partial charge is 0.394 e. The second kappa shape index (κ2) is 2.64. The number of nitrogens with zero attached hydrogens (tertiary/aromatic N) is 1. The summed E-state index contributed by atoms with van der Waals surface area (Å²) in [6, 6.07) is 0. The Morgan fingerprint density at radius 3 is 2.67 bits per heavy atom. The first-order valence-electron chi connectivity index (χ1n) is 4.32. The molecule has 12 heavy (non-hydrogen) atoms. The molecule has 2 aliphatic heterocycles. The van der Waals surface area contributed by atoms with Gasteiger partial charge in [0.15, 0.2) is 0 Å². The second-order valence-electron chi connectivity index (χ2n) is 3.88. The lowest BCUT2D eigenvalue weighted by Crippen LogP contribution is -2.57. The predicted molar refractivity (Wildman–Crippen MR) is 40.1 cm³/mol. The van der Waals surface area contributed by atoms with E-state index in [1.54, 1.807) is 0 Å². The molecule has 0 saturated carbocycles. The number of aliphatic hydroxyl groups excluding tert-OH is 1. The van der Waals surface area contributed by atoms with Crippen molar-refractivity contribution in [3.05, 3.63) is 0 Å². The molecule has 70 valence electrons. The molecule has 2 saturated heterocycles. The lowest BCUT2D eigenvalue weighted by Gasteiger charge is -2.46. The van der Waals surface area contributed by atoms with Crippen molar-refractivity contribution in [1.82, 2.24) is 4.90 Å². The lowest BCUT2D eigenvalue weighted by atomic mass is 9.84. The summed E-state index contributed by atoms with van der Waals surface area (Å²) in [4.78, 5) is 1.99. The number of hydrogen-bond acceptors (Lipinski definition) is 2. The highest BCUT2D eigenvalue weighted by molar-refractivity contribution is 5.06. The fourth-order valence-corrected chi connectivity index (χ4v) is 2.35. The average molecular weight is 177 g/mol. The van der Waals surface area contributed by atoms with E-state index in [0.717, 1.165) is 13.0 Å². The first-order chi connectivity index (χ1) is 5.68. The number of rotatable bonds is 2. The molecule has 4 heteroatoms. The van der Waals surface area contributed by atoms with Crippen LogP contribution in [0, 0.1) is 5.92 Å². The Hall–Kier alpha value is -0.220. The standard InChI is InChI=1S/C8H13F2NO/c9-7(10)6-3-8(5-12)1-2-11(8)4-6/h6-7,12H,1-5H2/t6-,8+/m0/s1. The van der Waals surface area contributed by atoms with Gasteiger partial charge >= 0.3 is 0 Å². The van der Waals surface area contributed by atoms with E-state index >= 15 is 0 Å². The molecule has 0 unspecified atom stereocenters. The number of fused-ring (bicyclic) bond motifs is 1. The van der Waals surface area contributed by atoms with Crippen molar-refractivity contribution in [2.24, 2.45) is 5.92 Å². The SMILES string of the molecule is OC[C@]12CCN1C[C@@H](C(F)F)C2. The maximum absolute atomic E-state index is 12.3. The van der Waals surface area contributed by atoms with E-state index in [0.29, 0.717) is 13.0 Å². The molecule has 0 amide bonds. The number of aliphatic hydroxyl groups is 1. The van der Waals surface area contributed by atoms with Gasteiger partial charge in [-0.3, -0.25) is 4.90 Å². The maximum atomic E-state index is 12.3. The highest BCUT2D eigenvalue weighted by atomic mass is 19.3. The van der Waals surface area contributed by atoms with Crippen LogP contribution in [0.3, 0.4) is 0 Å². The topological polar surface area (TPSA) is 23.5 Å². The molecule has 2 atom stereocenters. The molecular weight excluding hydrogens is 164 g/mol. The Morgan fingerprint density at radius 2 is 2.33 bits per heavy atom. The van der Waals surface area contributed by atoms with E-state index in [-0.39, 0.29) is 12.1 Å². The molecule has 0 spiro atoms. The van der Waals surface area contributed by atoms with Crippen LogP contribution in [-0.2, 0) is 0 Å². The molecular formula is C8H13F2NO. The molecule has 0 aromatic carbocycles. The Kier molecular flexibility index (Phi) is 1.84. The van der Waals surface area contributed by atoms with Gasteiger partial charge in [-0.15, -0.1) is 0 Å². The zero-order valence-electron chi connectivity index (χ0n) is 6.84. The lowest BCUT2D eigenvalue weighted by molar-refractivity contribution is -0.0190. The summed E-state index contributed by atoms with van der Waals surface area (Å²) in [6.07, 6.45) is -0.868. The van der Waals surface area contributed by atoms with Crippen molar-refractivity contribution in [3.8, 4) is 0 Å². The summed E-state index contributed by atoms with van der Waals surface area (Å²) in [7, 11) is 0. The van der Waals surface area contributed by atoms with Crippen LogP contribution in [0.15, 0.2) is 0 Å². The van der Waals surface area contributed by atoms with Crippen LogP contribution in [0.5, 0.6) is 0 Å². The van der Waals surface area contributed by atoms with Crippen molar-refractivity contribution in [2.75, 3.05) is 19.7 Å². The van der Waals surface area contributed by atoms with Crippen LogP contribution in [0.4, 0.5) is 8.78 Å². The summed E-state index contributed by atoms with van der Waals surface area (Å²) < 4.78 is 24.6. The molecule has 0 bridgehead atoms. The van der Waals surface area contributed by atoms with E-state index < -0.39 is 12.3 Å². The summed E-state index contributed by atoms with van der Waals surface area (Å²) >= 11 is 0. The van der Waals surface area contributed by atoms with E-state index in [2.05, 4.69) is 0 Å². The maximum Gasteiger partial charge on any atom is 0.242 e. The number of alkyl halides is 2. The van der Waals surface area contributed by atoms with Crippen LogP contribution in [-0.4, -0.2) is 41.7 Å². The highest BCUT2D eigenvalue weighted by Gasteiger charge is 2.53. The van der Waals surface area contributed by atoms with Crippen molar-refractivity contribution >= 4 is 0 Å². The molecule has 2 fully saturated rings. The number of halogens is 2. The highest BCUT2D eigenvalue weighted by Crippen LogP contribution is 2.44. The summed E-state index contributed by atoms with van der Waals surface area (Å²) in [6.45, 7) is 1.39. The summed E-state index contributed by atoms with van der Waals surface area (Å²) in [5.74, 6) is -0.514. The van der Waals surface area contributed by atoms with E-state index in [1.807, 2.05) is 4.90 Å². The van der Waals surface area contributed by atoms with E-state index in [9.17, 15) is 8.78 Å². The smallest absolute Gasteiger partial charge is 0.242 e. The molecule has 0 aromatic heterocycles. The van der Waals surface area contributed by atoms with Gasteiger partial charge in [-0.25, -0.2) is 8.78 Å². The minimum absolute atomic E-state index is 0.0379. The van der Waals surface area contributed by atoms with Gasteiger partial charge < -0.3 is 5.11 Å². The molecule has 2 heterocycles. The van der Waals surface area contributed by atoms with Crippen molar-refractivity contribution < 1.29 is 13.9 Å². The molecule has 2 aliphatic rings. The van der Waals surface area contributed by atoms with Gasteiger partial charge in [0.2, 0.25) is 6.43 Å². The third kappa shape index (κ3) is 0.977. The third-order valence-electron chi connectivity index (χ3n) is 3.27. The van der Waals surface area contributed by atoms with Gasteiger partial charge in [0, 0.05) is 24.5 Å². The van der Waals surface area contributed by atoms with Gasteiger partial charge in [-0.05, 0) is 12.8 Å². The average Bonchev–Trinajstić information content (AvgIpc) is 2.26. The fraction of sp³-hybridized carbons (Fsp3) is 1.00. The molecule has 0 radical (unpaired) electrons. The normalized spacial score (nSPS) is 41.5. The van der Waals surface area contributed by atoms with Crippen molar-refractivity contribution in [3.63, 3.8) is 0 Å². The van der Waals surface area contributed by atoms with E-state index in [4.69, 9.17) is 5.11 Å². The zero-order valence-corrected chi connectivity index (χ0v) is 6.84. The minimum atomic E-state index is -2.22. The fourth-order valence-electron chi connectivity index (χ4n) is 2.35. The van der Waals surface area contributed by atoms with Gasteiger partial charge in [-0.1, -0.05) is 0 Å². The van der Waals surface area contributed by atoms with Crippen molar-refractivity contribution in [1.29, 1.82) is 0 Å². The van der Waals surface area contributed by atoms with Gasteiger partial charge in [0.25, 0.3) is 0 Å². The minimum Gasteiger partial charge on any atom is -0.394 e. The monoisotopic (exact) mass is 177 g/mol. The van der Waals surface area contributed by atoms with Crippen LogP contribution in [0.25, 0.3) is 0 Å². The van der Waals surface area contributed by atoms with Crippen LogP contribution < -0.4 is 0 Å². The third-order valence-corrected chi connectivity index (χ3v) is 3.27. The quantitative estimate of drug-likeness (QED) is 0.671. The zero-order chi connectivity index (χ0) is 8.77. The predicted octanol–water partition coefficient (Wildman–Crippen LogP) is 0.708. The Balaban J connectivity index is 2.03. The Bertz CT molecular complexity index is 184. The Labute approximate surface area is 70.2 Å². The summed E-state index contributed by atoms with van der Waals surface area (Å²) in [5.41, 5.74) is -0.263. The van der Waals surface area contributed by atoms with Crippen LogP contribution in [0.2, 0.25) is 0 Å². The van der Waals surface area contributed by atoms with Crippen LogP contribution in [0.1, 0.15) is 12.8 Å². The second-order valence-corrected chi connectivity index (χ2v) is 3.88. The van der Waals surface area contributed by atoms with Gasteiger partial charge in [0.1, 0.15) is 0 Å².